The van der Waals surface area contributed by atoms with Crippen LogP contribution >= 0.6 is 24.0 Å². The molecule has 1 atom stereocenters. The number of nitrogens with zero attached hydrogens (tertiary/aromatic N) is 3. The smallest absolute Gasteiger partial charge is 0.227 e. The number of para-hydroxylation sites is 1. The van der Waals surface area contributed by atoms with Crippen LogP contribution in [-0.2, 0) is 22.6 Å². The molecule has 0 radical (unpaired) electrons. The Labute approximate surface area is 214 Å². The van der Waals surface area contributed by atoms with Crippen LogP contribution in [-0.4, -0.2) is 56.6 Å². The molecule has 2 aliphatic rings. The zero-order valence-corrected chi connectivity index (χ0v) is 21.7. The van der Waals surface area contributed by atoms with Crippen LogP contribution in [0.3, 0.4) is 0 Å². The van der Waals surface area contributed by atoms with Crippen molar-refractivity contribution in [2.75, 3.05) is 44.7 Å². The summed E-state index contributed by atoms with van der Waals surface area (Å²) in [4.78, 5) is 21.4. The van der Waals surface area contributed by atoms with Crippen molar-refractivity contribution in [3.63, 3.8) is 0 Å². The van der Waals surface area contributed by atoms with E-state index in [0.29, 0.717) is 18.9 Å². The van der Waals surface area contributed by atoms with Gasteiger partial charge in [-0.25, -0.2) is 0 Å². The lowest BCUT2D eigenvalue weighted by Gasteiger charge is -2.22. The normalized spacial score (nSPS) is 17.6. The van der Waals surface area contributed by atoms with Crippen molar-refractivity contribution >= 4 is 41.5 Å². The topological polar surface area (TPSA) is 57.2 Å². The fourth-order valence-electron chi connectivity index (χ4n) is 4.58. The summed E-state index contributed by atoms with van der Waals surface area (Å²) in [5, 5.41) is 3.44. The number of likely N-dealkylation sites (tertiary alicyclic amines) is 1. The molecule has 4 rings (SSSR count). The maximum absolute atomic E-state index is 12.7. The molecule has 1 saturated heterocycles. The standard InChI is InChI=1S/C26H34N4O2.HI/c1-27-26(29-16-13-22(18-29)20-32-19-21-8-3-2-4-9-21)28-15-7-12-25(31)30-17-14-23-10-5-6-11-24(23)30;/h2-6,8-11,22H,7,12-20H2,1H3,(H,27,28);1H. The number of anilines is 1. The van der Waals surface area contributed by atoms with E-state index < -0.39 is 0 Å². The van der Waals surface area contributed by atoms with E-state index in [4.69, 9.17) is 4.74 Å². The number of halogens is 1. The van der Waals surface area contributed by atoms with Crippen LogP contribution in [0.1, 0.15) is 30.4 Å². The zero-order chi connectivity index (χ0) is 22.2. The molecule has 33 heavy (non-hydrogen) atoms. The van der Waals surface area contributed by atoms with Crippen molar-refractivity contribution < 1.29 is 9.53 Å². The van der Waals surface area contributed by atoms with Crippen LogP contribution in [0.5, 0.6) is 0 Å². The summed E-state index contributed by atoms with van der Waals surface area (Å²) in [7, 11) is 1.83. The number of carbonyl (C=O) groups excluding carboxylic acids is 1. The van der Waals surface area contributed by atoms with Gasteiger partial charge >= 0.3 is 0 Å². The van der Waals surface area contributed by atoms with Gasteiger partial charge in [-0.15, -0.1) is 24.0 Å². The number of amides is 1. The maximum Gasteiger partial charge on any atom is 0.227 e. The lowest BCUT2D eigenvalue weighted by molar-refractivity contribution is -0.118. The number of hydrogen-bond acceptors (Lipinski definition) is 3. The van der Waals surface area contributed by atoms with Crippen LogP contribution in [0.25, 0.3) is 0 Å². The highest BCUT2D eigenvalue weighted by Gasteiger charge is 2.26. The molecule has 2 aliphatic heterocycles. The molecule has 0 saturated carbocycles. The molecular weight excluding hydrogens is 527 g/mol. The maximum atomic E-state index is 12.7. The van der Waals surface area contributed by atoms with Crippen molar-refractivity contribution in [1.82, 2.24) is 10.2 Å². The average Bonchev–Trinajstić information content (AvgIpc) is 3.47. The van der Waals surface area contributed by atoms with Gasteiger partial charge < -0.3 is 19.9 Å². The number of ether oxygens (including phenoxy) is 1. The molecule has 7 heteroatoms. The van der Waals surface area contributed by atoms with Crippen LogP contribution < -0.4 is 10.2 Å². The number of guanidine groups is 1. The first-order valence-corrected chi connectivity index (χ1v) is 11.7. The lowest BCUT2D eigenvalue weighted by Crippen LogP contribution is -2.41. The summed E-state index contributed by atoms with van der Waals surface area (Å²) < 4.78 is 5.93. The van der Waals surface area contributed by atoms with Crippen molar-refractivity contribution in [1.29, 1.82) is 0 Å². The van der Waals surface area contributed by atoms with Gasteiger partial charge in [0.1, 0.15) is 0 Å². The molecule has 2 aromatic carbocycles. The van der Waals surface area contributed by atoms with Crippen molar-refractivity contribution in [3.8, 4) is 0 Å². The minimum atomic E-state index is 0. The third kappa shape index (κ3) is 6.93. The quantitative estimate of drug-likeness (QED) is 0.228. The molecule has 0 aromatic heterocycles. The molecule has 0 spiro atoms. The number of rotatable bonds is 8. The Hall–Kier alpha value is -2.13. The monoisotopic (exact) mass is 562 g/mol. The van der Waals surface area contributed by atoms with Gasteiger partial charge in [0.05, 0.1) is 13.2 Å². The number of carbonyl (C=O) groups is 1. The van der Waals surface area contributed by atoms with E-state index >= 15 is 0 Å². The van der Waals surface area contributed by atoms with E-state index in [2.05, 4.69) is 33.4 Å². The Bertz CT molecular complexity index is 922. The van der Waals surface area contributed by atoms with Gasteiger partial charge in [-0.1, -0.05) is 48.5 Å². The molecule has 1 unspecified atom stereocenters. The van der Waals surface area contributed by atoms with Crippen LogP contribution in [0.15, 0.2) is 59.6 Å². The van der Waals surface area contributed by atoms with Gasteiger partial charge in [-0.2, -0.15) is 0 Å². The lowest BCUT2D eigenvalue weighted by atomic mass is 10.1. The fourth-order valence-corrected chi connectivity index (χ4v) is 4.58. The predicted octanol–water partition coefficient (Wildman–Crippen LogP) is 4.09. The summed E-state index contributed by atoms with van der Waals surface area (Å²) in [5.41, 5.74) is 3.57. The largest absolute Gasteiger partial charge is 0.376 e. The van der Waals surface area contributed by atoms with E-state index in [1.807, 2.05) is 48.3 Å². The summed E-state index contributed by atoms with van der Waals surface area (Å²) >= 11 is 0. The molecule has 0 bridgehead atoms. The summed E-state index contributed by atoms with van der Waals surface area (Å²) in [6.45, 7) is 4.93. The Morgan fingerprint density at radius 2 is 1.91 bits per heavy atom. The van der Waals surface area contributed by atoms with E-state index in [1.54, 1.807) is 0 Å². The summed E-state index contributed by atoms with van der Waals surface area (Å²) in [5.74, 6) is 1.66. The first-order valence-electron chi connectivity index (χ1n) is 11.7. The second-order valence-corrected chi connectivity index (χ2v) is 8.60. The minimum absolute atomic E-state index is 0. The molecule has 1 N–H and O–H groups in total. The molecule has 0 aliphatic carbocycles. The highest BCUT2D eigenvalue weighted by molar-refractivity contribution is 14.0. The minimum Gasteiger partial charge on any atom is -0.376 e. The number of hydrogen-bond donors (Lipinski definition) is 1. The number of benzene rings is 2. The first kappa shape index (κ1) is 25.5. The fraction of sp³-hybridized carbons (Fsp3) is 0.462. The molecule has 1 amide bonds. The number of nitrogens with one attached hydrogen (secondary N) is 1. The van der Waals surface area contributed by atoms with Gasteiger partial charge in [0.25, 0.3) is 0 Å². The van der Waals surface area contributed by atoms with Crippen LogP contribution in [0, 0.1) is 5.92 Å². The van der Waals surface area contributed by atoms with E-state index in [0.717, 1.165) is 63.7 Å². The van der Waals surface area contributed by atoms with Crippen LogP contribution in [0.2, 0.25) is 0 Å². The average molecular weight is 562 g/mol. The molecular formula is C26H35IN4O2. The third-order valence-electron chi connectivity index (χ3n) is 6.30. The second-order valence-electron chi connectivity index (χ2n) is 8.60. The zero-order valence-electron chi connectivity index (χ0n) is 19.4. The van der Waals surface area contributed by atoms with Gasteiger partial charge in [-0.3, -0.25) is 9.79 Å². The molecule has 178 valence electrons. The highest BCUT2D eigenvalue weighted by atomic mass is 127. The van der Waals surface area contributed by atoms with Gasteiger partial charge in [0.15, 0.2) is 5.96 Å². The molecule has 2 aromatic rings. The Morgan fingerprint density at radius 3 is 2.73 bits per heavy atom. The van der Waals surface area contributed by atoms with Crippen LogP contribution in [0.4, 0.5) is 5.69 Å². The van der Waals surface area contributed by atoms with Gasteiger partial charge in [0.2, 0.25) is 5.91 Å². The number of aliphatic imine (C=N–C) groups is 1. The first-order chi connectivity index (χ1) is 15.7. The Morgan fingerprint density at radius 1 is 1.12 bits per heavy atom. The van der Waals surface area contributed by atoms with Gasteiger partial charge in [0, 0.05) is 51.3 Å². The Kier molecular flexibility index (Phi) is 9.99. The summed E-state index contributed by atoms with van der Waals surface area (Å²) in [6, 6.07) is 18.5. The van der Waals surface area contributed by atoms with E-state index in [-0.39, 0.29) is 29.9 Å². The van der Waals surface area contributed by atoms with E-state index in [1.165, 1.54) is 11.1 Å². The van der Waals surface area contributed by atoms with Crippen molar-refractivity contribution in [2.24, 2.45) is 10.9 Å². The second kappa shape index (κ2) is 12.9. The predicted molar refractivity (Wildman–Crippen MR) is 144 cm³/mol. The molecule has 2 heterocycles. The third-order valence-corrected chi connectivity index (χ3v) is 6.30. The van der Waals surface area contributed by atoms with Crippen molar-refractivity contribution in [3.05, 3.63) is 65.7 Å². The summed E-state index contributed by atoms with van der Waals surface area (Å²) in [6.07, 6.45) is 3.42. The highest BCUT2D eigenvalue weighted by Crippen LogP contribution is 2.28. The van der Waals surface area contributed by atoms with Crippen molar-refractivity contribution in [2.45, 2.75) is 32.3 Å². The molecule has 1 fully saturated rings. The van der Waals surface area contributed by atoms with Gasteiger partial charge in [-0.05, 0) is 36.5 Å². The Balaban J connectivity index is 0.00000306. The molecule has 6 nitrogen and oxygen atoms in total. The number of fused-ring (bicyclic) bond motifs is 1. The SMILES string of the molecule is CN=C(NCCCC(=O)N1CCc2ccccc21)N1CCC(COCc2ccccc2)C1.I. The van der Waals surface area contributed by atoms with E-state index in [9.17, 15) is 4.79 Å².